The van der Waals surface area contributed by atoms with E-state index in [-0.39, 0.29) is 5.75 Å². The van der Waals surface area contributed by atoms with Crippen LogP contribution >= 0.6 is 0 Å². The molecule has 0 aromatic heterocycles. The molecule has 1 N–H and O–H groups in total. The Kier molecular flexibility index (Phi) is 4.02. The molecule has 0 radical (unpaired) electrons. The summed E-state index contributed by atoms with van der Waals surface area (Å²) in [4.78, 5) is 2.60. The summed E-state index contributed by atoms with van der Waals surface area (Å²) >= 11 is 0. The zero-order chi connectivity index (χ0) is 19.4. The molecule has 1 atom stereocenters. The lowest BCUT2D eigenvalue weighted by atomic mass is 9.85. The normalized spacial score (nSPS) is 18.9. The van der Waals surface area contributed by atoms with Crippen molar-refractivity contribution in [3.8, 4) is 23.0 Å². The van der Waals surface area contributed by atoms with Crippen molar-refractivity contribution < 1.29 is 19.3 Å². The number of benzene rings is 3. The minimum atomic E-state index is 0.157. The standard InChI is InChI=1S/C23H25NO4/c1-26-20-10-16-17(11-21(20)27-2)22-14(6-7-19(25)23(22)28-3)15-9-13-5-4-8-24(13)12-18(15)16/h6-7,10-11,13,25H,4-5,8-9,12H2,1-3H3. The maximum atomic E-state index is 10.5. The van der Waals surface area contributed by atoms with Crippen LogP contribution < -0.4 is 14.2 Å². The lowest BCUT2D eigenvalue weighted by molar-refractivity contribution is 0.229. The van der Waals surface area contributed by atoms with Gasteiger partial charge >= 0.3 is 0 Å². The van der Waals surface area contributed by atoms with Gasteiger partial charge in [-0.3, -0.25) is 4.90 Å². The Balaban J connectivity index is 1.94. The number of fused-ring (bicyclic) bond motifs is 7. The number of phenolic OH excluding ortho intramolecular Hbond substituents is 1. The van der Waals surface area contributed by atoms with Gasteiger partial charge in [0.05, 0.1) is 21.3 Å². The lowest BCUT2D eigenvalue weighted by Gasteiger charge is -2.33. The maximum Gasteiger partial charge on any atom is 0.168 e. The smallest absolute Gasteiger partial charge is 0.168 e. The number of ether oxygens (including phenoxy) is 3. The number of nitrogens with zero attached hydrogens (tertiary/aromatic N) is 1. The van der Waals surface area contributed by atoms with Crippen LogP contribution in [0.15, 0.2) is 24.3 Å². The van der Waals surface area contributed by atoms with Gasteiger partial charge in [0, 0.05) is 18.0 Å². The third-order valence-corrected chi connectivity index (χ3v) is 6.45. The molecule has 3 aromatic carbocycles. The van der Waals surface area contributed by atoms with Crippen molar-refractivity contribution in [1.82, 2.24) is 4.90 Å². The van der Waals surface area contributed by atoms with Crippen molar-refractivity contribution in [3.63, 3.8) is 0 Å². The summed E-state index contributed by atoms with van der Waals surface area (Å²) in [7, 11) is 4.92. The summed E-state index contributed by atoms with van der Waals surface area (Å²) in [5, 5.41) is 14.7. The van der Waals surface area contributed by atoms with Crippen molar-refractivity contribution in [2.45, 2.75) is 31.8 Å². The lowest BCUT2D eigenvalue weighted by Crippen LogP contribution is -2.35. The number of aromatic hydroxyl groups is 1. The van der Waals surface area contributed by atoms with E-state index in [1.54, 1.807) is 27.4 Å². The van der Waals surface area contributed by atoms with E-state index in [9.17, 15) is 5.11 Å². The van der Waals surface area contributed by atoms with E-state index < -0.39 is 0 Å². The van der Waals surface area contributed by atoms with Crippen molar-refractivity contribution in [3.05, 3.63) is 35.4 Å². The van der Waals surface area contributed by atoms with Gasteiger partial charge in [0.25, 0.3) is 0 Å². The molecule has 2 aliphatic heterocycles. The van der Waals surface area contributed by atoms with Gasteiger partial charge in [0.1, 0.15) is 0 Å². The topological polar surface area (TPSA) is 51.2 Å². The number of hydrogen-bond donors (Lipinski definition) is 1. The minimum Gasteiger partial charge on any atom is -0.504 e. The van der Waals surface area contributed by atoms with Gasteiger partial charge in [-0.1, -0.05) is 6.07 Å². The Bertz CT molecular complexity index is 1090. The van der Waals surface area contributed by atoms with Crippen LogP contribution in [0.4, 0.5) is 0 Å². The van der Waals surface area contributed by atoms with Crippen molar-refractivity contribution >= 4 is 21.5 Å². The average molecular weight is 379 g/mol. The highest BCUT2D eigenvalue weighted by atomic mass is 16.5. The molecule has 1 fully saturated rings. The summed E-state index contributed by atoms with van der Waals surface area (Å²) in [6, 6.07) is 8.47. The van der Waals surface area contributed by atoms with Gasteiger partial charge in [-0.25, -0.2) is 0 Å². The highest BCUT2D eigenvalue weighted by Gasteiger charge is 2.33. The second kappa shape index (κ2) is 6.45. The summed E-state index contributed by atoms with van der Waals surface area (Å²) in [5.74, 6) is 2.08. The van der Waals surface area contributed by atoms with Crippen LogP contribution in [0.25, 0.3) is 21.5 Å². The quantitative estimate of drug-likeness (QED) is 0.690. The van der Waals surface area contributed by atoms with E-state index in [0.29, 0.717) is 17.5 Å². The Morgan fingerprint density at radius 1 is 0.929 bits per heavy atom. The number of hydrogen-bond acceptors (Lipinski definition) is 5. The van der Waals surface area contributed by atoms with Crippen molar-refractivity contribution in [2.75, 3.05) is 27.9 Å². The third kappa shape index (κ3) is 2.35. The molecule has 28 heavy (non-hydrogen) atoms. The zero-order valence-corrected chi connectivity index (χ0v) is 16.5. The van der Waals surface area contributed by atoms with Gasteiger partial charge in [-0.2, -0.15) is 0 Å². The van der Waals surface area contributed by atoms with E-state index in [0.717, 1.165) is 46.8 Å². The molecule has 0 spiro atoms. The molecule has 2 aliphatic rings. The molecule has 1 saturated heterocycles. The van der Waals surface area contributed by atoms with Gasteiger partial charge in [0.15, 0.2) is 23.0 Å². The minimum absolute atomic E-state index is 0.157. The van der Waals surface area contributed by atoms with Crippen LogP contribution in [-0.2, 0) is 13.0 Å². The van der Waals surface area contributed by atoms with E-state index in [1.807, 2.05) is 12.1 Å². The predicted octanol–water partition coefficient (Wildman–Crippen LogP) is 4.24. The molecule has 0 saturated carbocycles. The van der Waals surface area contributed by atoms with Gasteiger partial charge in [0.2, 0.25) is 0 Å². The molecule has 5 rings (SSSR count). The molecule has 2 heterocycles. The summed E-state index contributed by atoms with van der Waals surface area (Å²) in [6.45, 7) is 2.11. The van der Waals surface area contributed by atoms with E-state index in [2.05, 4.69) is 11.0 Å². The first kappa shape index (κ1) is 17.4. The summed E-state index contributed by atoms with van der Waals surface area (Å²) in [5.41, 5.74) is 2.73. The first-order valence-electron chi connectivity index (χ1n) is 9.79. The second-order valence-electron chi connectivity index (χ2n) is 7.72. The first-order chi connectivity index (χ1) is 13.7. The first-order valence-corrected chi connectivity index (χ1v) is 9.79. The van der Waals surface area contributed by atoms with Crippen LogP contribution in [-0.4, -0.2) is 43.9 Å². The summed E-state index contributed by atoms with van der Waals surface area (Å²) < 4.78 is 16.8. The molecule has 3 aromatic rings. The molecule has 5 heteroatoms. The fourth-order valence-electron chi connectivity index (χ4n) is 5.14. The van der Waals surface area contributed by atoms with Crippen LogP contribution in [0.3, 0.4) is 0 Å². The number of phenols is 1. The molecule has 5 nitrogen and oxygen atoms in total. The van der Waals surface area contributed by atoms with E-state index in [4.69, 9.17) is 14.2 Å². The molecule has 0 bridgehead atoms. The SMILES string of the molecule is COc1cc2c3c(c4ccc(O)c(OC)c4c2cc1OC)CC1CCCN1C3. The van der Waals surface area contributed by atoms with Gasteiger partial charge in [-0.05, 0) is 71.3 Å². The second-order valence-corrected chi connectivity index (χ2v) is 7.72. The fraction of sp³-hybridized carbons (Fsp3) is 0.391. The Morgan fingerprint density at radius 2 is 1.68 bits per heavy atom. The van der Waals surface area contributed by atoms with Gasteiger partial charge < -0.3 is 19.3 Å². The largest absolute Gasteiger partial charge is 0.504 e. The zero-order valence-electron chi connectivity index (χ0n) is 16.5. The van der Waals surface area contributed by atoms with Crippen LogP contribution in [0.2, 0.25) is 0 Å². The molecule has 1 unspecified atom stereocenters. The molecule has 146 valence electrons. The van der Waals surface area contributed by atoms with Crippen LogP contribution in [0.5, 0.6) is 23.0 Å². The molecule has 0 aliphatic carbocycles. The highest BCUT2D eigenvalue weighted by molar-refractivity contribution is 6.15. The molecular weight excluding hydrogens is 354 g/mol. The Hall–Kier alpha value is -2.66. The summed E-state index contributed by atoms with van der Waals surface area (Å²) in [6.07, 6.45) is 3.54. The third-order valence-electron chi connectivity index (χ3n) is 6.45. The van der Waals surface area contributed by atoms with Gasteiger partial charge in [-0.15, -0.1) is 0 Å². The van der Waals surface area contributed by atoms with Crippen LogP contribution in [0, 0.1) is 0 Å². The van der Waals surface area contributed by atoms with Crippen molar-refractivity contribution in [1.29, 1.82) is 0 Å². The molecular formula is C23H25NO4. The van der Waals surface area contributed by atoms with E-state index in [1.165, 1.54) is 24.0 Å². The number of rotatable bonds is 3. The maximum absolute atomic E-state index is 10.5. The van der Waals surface area contributed by atoms with E-state index >= 15 is 0 Å². The average Bonchev–Trinajstić information content (AvgIpc) is 3.18. The fourth-order valence-corrected chi connectivity index (χ4v) is 5.14. The van der Waals surface area contributed by atoms with Crippen LogP contribution in [0.1, 0.15) is 24.0 Å². The number of methoxy groups -OCH3 is 3. The monoisotopic (exact) mass is 379 g/mol. The predicted molar refractivity (Wildman–Crippen MR) is 110 cm³/mol. The van der Waals surface area contributed by atoms with Crippen molar-refractivity contribution in [2.24, 2.45) is 0 Å². The Labute approximate surface area is 164 Å². The highest BCUT2D eigenvalue weighted by Crippen LogP contribution is 2.47. The molecule has 0 amide bonds. The Morgan fingerprint density at radius 3 is 2.39 bits per heavy atom.